The maximum Gasteiger partial charge on any atom is 0.225 e. The van der Waals surface area contributed by atoms with Crippen molar-refractivity contribution in [3.8, 4) is 11.5 Å². The van der Waals surface area contributed by atoms with E-state index in [4.69, 9.17) is 4.42 Å². The number of hydrogen-bond acceptors (Lipinski definition) is 2. The van der Waals surface area contributed by atoms with Crippen molar-refractivity contribution in [3.05, 3.63) is 55.0 Å². The highest BCUT2D eigenvalue weighted by atomic mass is 19.1. The molecule has 3 heteroatoms. The van der Waals surface area contributed by atoms with Crippen LogP contribution in [0, 0.1) is 6.92 Å². The van der Waals surface area contributed by atoms with Gasteiger partial charge in [-0.05, 0) is 23.8 Å². The molecule has 0 unspecified atom stereocenters. The molecule has 0 aliphatic carbocycles. The van der Waals surface area contributed by atoms with Crippen LogP contribution in [0.1, 0.15) is 5.56 Å². The lowest BCUT2D eigenvalue weighted by molar-refractivity contribution is 0.574. The van der Waals surface area contributed by atoms with E-state index >= 15 is 0 Å². The maximum absolute atomic E-state index is 12.5. The minimum Gasteiger partial charge on any atom is -0.445 e. The summed E-state index contributed by atoms with van der Waals surface area (Å²) in [7, 11) is 0. The maximum atomic E-state index is 12.5. The van der Waals surface area contributed by atoms with Crippen molar-refractivity contribution in [1.82, 2.24) is 4.98 Å². The van der Waals surface area contributed by atoms with Crippen LogP contribution in [-0.2, 0) is 0 Å². The zero-order chi connectivity index (χ0) is 10.7. The Kier molecular flexibility index (Phi) is 2.63. The largest absolute Gasteiger partial charge is 0.445 e. The molecule has 0 bridgehead atoms. The predicted octanol–water partition coefficient (Wildman–Crippen LogP) is 3.49. The quantitative estimate of drug-likeness (QED) is 0.745. The SMILES string of the molecule is [CH2]/C(F)=C/c1ccc(-c2ncco2)cc1. The van der Waals surface area contributed by atoms with Crippen LogP contribution in [0.15, 0.2) is 47.0 Å². The molecule has 0 aliphatic rings. The normalized spacial score (nSPS) is 11.7. The van der Waals surface area contributed by atoms with E-state index in [-0.39, 0.29) is 0 Å². The molecule has 2 aromatic rings. The summed E-state index contributed by atoms with van der Waals surface area (Å²) >= 11 is 0. The van der Waals surface area contributed by atoms with E-state index in [2.05, 4.69) is 11.9 Å². The Hall–Kier alpha value is -1.90. The van der Waals surface area contributed by atoms with Gasteiger partial charge >= 0.3 is 0 Å². The van der Waals surface area contributed by atoms with Gasteiger partial charge in [0.2, 0.25) is 5.89 Å². The third kappa shape index (κ3) is 2.31. The van der Waals surface area contributed by atoms with Gasteiger partial charge in [-0.15, -0.1) is 0 Å². The van der Waals surface area contributed by atoms with Gasteiger partial charge in [-0.3, -0.25) is 0 Å². The Morgan fingerprint density at radius 1 is 1.33 bits per heavy atom. The Balaban J connectivity index is 2.29. The minimum atomic E-state index is -0.459. The van der Waals surface area contributed by atoms with Crippen LogP contribution in [0.2, 0.25) is 0 Å². The Morgan fingerprint density at radius 3 is 2.60 bits per heavy atom. The molecule has 1 heterocycles. The second-order valence-electron chi connectivity index (χ2n) is 3.05. The Bertz CT molecular complexity index is 453. The summed E-state index contributed by atoms with van der Waals surface area (Å²) < 4.78 is 17.6. The van der Waals surface area contributed by atoms with Crippen molar-refractivity contribution in [2.75, 3.05) is 0 Å². The average molecular weight is 202 g/mol. The average Bonchev–Trinajstić information content (AvgIpc) is 2.71. The highest BCUT2D eigenvalue weighted by Gasteiger charge is 2.00. The third-order valence-electron chi connectivity index (χ3n) is 1.91. The first-order valence-corrected chi connectivity index (χ1v) is 4.45. The molecule has 15 heavy (non-hydrogen) atoms. The standard InChI is InChI=1S/C12H9FNO/c1-9(13)8-10-2-4-11(5-3-10)12-14-6-7-15-12/h2-8H,1H2/b9-8-. The van der Waals surface area contributed by atoms with Gasteiger partial charge in [-0.1, -0.05) is 12.1 Å². The number of aromatic nitrogens is 1. The lowest BCUT2D eigenvalue weighted by atomic mass is 10.1. The molecule has 0 N–H and O–H groups in total. The molecule has 0 spiro atoms. The first kappa shape index (κ1) is 9.65. The fourth-order valence-corrected chi connectivity index (χ4v) is 1.27. The summed E-state index contributed by atoms with van der Waals surface area (Å²) in [5, 5.41) is 0. The molecule has 0 saturated heterocycles. The van der Waals surface area contributed by atoms with Gasteiger partial charge in [0, 0.05) is 12.5 Å². The summed E-state index contributed by atoms with van der Waals surface area (Å²) in [5.41, 5.74) is 1.62. The summed E-state index contributed by atoms with van der Waals surface area (Å²) in [6, 6.07) is 7.20. The fourth-order valence-electron chi connectivity index (χ4n) is 1.27. The first-order chi connectivity index (χ1) is 7.25. The summed E-state index contributed by atoms with van der Waals surface area (Å²) in [6.07, 6.45) is 4.46. The van der Waals surface area contributed by atoms with E-state index in [1.54, 1.807) is 18.3 Å². The predicted molar refractivity (Wildman–Crippen MR) is 56.4 cm³/mol. The second kappa shape index (κ2) is 4.09. The van der Waals surface area contributed by atoms with E-state index in [9.17, 15) is 4.39 Å². The highest BCUT2D eigenvalue weighted by molar-refractivity contribution is 5.59. The van der Waals surface area contributed by atoms with Crippen LogP contribution in [0.3, 0.4) is 0 Å². The fraction of sp³-hybridized carbons (Fsp3) is 0. The van der Waals surface area contributed by atoms with Crippen LogP contribution in [-0.4, -0.2) is 4.98 Å². The number of rotatable bonds is 2. The van der Waals surface area contributed by atoms with Gasteiger partial charge in [-0.2, -0.15) is 0 Å². The van der Waals surface area contributed by atoms with Crippen LogP contribution in [0.5, 0.6) is 0 Å². The lowest BCUT2D eigenvalue weighted by Gasteiger charge is -1.96. The first-order valence-electron chi connectivity index (χ1n) is 4.45. The van der Waals surface area contributed by atoms with Crippen molar-refractivity contribution >= 4 is 6.08 Å². The molecule has 1 aromatic carbocycles. The lowest BCUT2D eigenvalue weighted by Crippen LogP contribution is -1.78. The topological polar surface area (TPSA) is 26.0 Å². The molecular weight excluding hydrogens is 193 g/mol. The van der Waals surface area contributed by atoms with E-state index < -0.39 is 5.83 Å². The van der Waals surface area contributed by atoms with Crippen LogP contribution in [0.25, 0.3) is 17.5 Å². The molecule has 1 aromatic heterocycles. The molecular formula is C12H9FNO. The van der Waals surface area contributed by atoms with Crippen molar-refractivity contribution in [3.63, 3.8) is 0 Å². The Morgan fingerprint density at radius 2 is 2.07 bits per heavy atom. The summed E-state index contributed by atoms with van der Waals surface area (Å²) in [5.74, 6) is 0.0968. The minimum absolute atomic E-state index is 0.459. The number of halogens is 1. The monoisotopic (exact) mass is 202 g/mol. The third-order valence-corrected chi connectivity index (χ3v) is 1.91. The van der Waals surface area contributed by atoms with Crippen molar-refractivity contribution in [1.29, 1.82) is 0 Å². The molecule has 2 nitrogen and oxygen atoms in total. The number of allylic oxidation sites excluding steroid dienone is 1. The zero-order valence-corrected chi connectivity index (χ0v) is 7.98. The van der Waals surface area contributed by atoms with Crippen molar-refractivity contribution in [2.45, 2.75) is 0 Å². The molecule has 0 atom stereocenters. The van der Waals surface area contributed by atoms with Crippen molar-refractivity contribution < 1.29 is 8.81 Å². The van der Waals surface area contributed by atoms with Crippen LogP contribution in [0.4, 0.5) is 4.39 Å². The number of oxazole rings is 1. The molecule has 1 radical (unpaired) electrons. The van der Waals surface area contributed by atoms with Gasteiger partial charge in [0.15, 0.2) is 0 Å². The van der Waals surface area contributed by atoms with Gasteiger partial charge in [0.1, 0.15) is 12.1 Å². The Labute approximate surface area is 87.1 Å². The van der Waals surface area contributed by atoms with Gasteiger partial charge in [0.25, 0.3) is 0 Å². The molecule has 2 rings (SSSR count). The highest BCUT2D eigenvalue weighted by Crippen LogP contribution is 2.18. The zero-order valence-electron chi connectivity index (χ0n) is 7.98. The van der Waals surface area contributed by atoms with Gasteiger partial charge in [0.05, 0.1) is 6.20 Å². The molecule has 0 fully saturated rings. The molecule has 0 amide bonds. The molecule has 75 valence electrons. The van der Waals surface area contributed by atoms with Gasteiger partial charge in [-0.25, -0.2) is 9.37 Å². The van der Waals surface area contributed by atoms with E-state index in [1.807, 2.05) is 12.1 Å². The van der Waals surface area contributed by atoms with Crippen molar-refractivity contribution in [2.24, 2.45) is 0 Å². The summed E-state index contributed by atoms with van der Waals surface area (Å²) in [4.78, 5) is 4.01. The van der Waals surface area contributed by atoms with Crippen LogP contribution >= 0.6 is 0 Å². The van der Waals surface area contributed by atoms with E-state index in [0.717, 1.165) is 11.1 Å². The van der Waals surface area contributed by atoms with Gasteiger partial charge < -0.3 is 4.42 Å². The van der Waals surface area contributed by atoms with E-state index in [0.29, 0.717) is 5.89 Å². The summed E-state index contributed by atoms with van der Waals surface area (Å²) in [6.45, 7) is 3.17. The van der Waals surface area contributed by atoms with Crippen LogP contribution < -0.4 is 0 Å². The number of benzene rings is 1. The van der Waals surface area contributed by atoms with E-state index in [1.165, 1.54) is 12.3 Å². The molecule has 0 saturated carbocycles. The second-order valence-corrected chi connectivity index (χ2v) is 3.05. The number of hydrogen-bond donors (Lipinski definition) is 0. The smallest absolute Gasteiger partial charge is 0.225 e. The molecule has 0 aliphatic heterocycles. The number of nitrogens with zero attached hydrogens (tertiary/aromatic N) is 1.